The van der Waals surface area contributed by atoms with Crippen LogP contribution in [0, 0.1) is 11.8 Å². The molecule has 1 amide bonds. The van der Waals surface area contributed by atoms with Gasteiger partial charge in [0.05, 0.1) is 5.92 Å². The smallest absolute Gasteiger partial charge is 0.248 e. The molecular formula is C10H14NO5S-. The fourth-order valence-electron chi connectivity index (χ4n) is 1.94. The average molecular weight is 260 g/mol. The fourth-order valence-corrected chi connectivity index (χ4v) is 2.09. The predicted molar refractivity (Wildman–Crippen MR) is 58.8 cm³/mol. The Morgan fingerprint density at radius 3 is 2.71 bits per heavy atom. The Hall–Kier alpha value is -1.05. The van der Waals surface area contributed by atoms with E-state index in [4.69, 9.17) is 0 Å². The molecule has 0 fully saturated rings. The molecule has 17 heavy (non-hydrogen) atoms. The summed E-state index contributed by atoms with van der Waals surface area (Å²) in [6, 6.07) is 0. The minimum absolute atomic E-state index is 0.0860. The lowest BCUT2D eigenvalue weighted by Crippen LogP contribution is -2.39. The Kier molecular flexibility index (Phi) is 4.98. The van der Waals surface area contributed by atoms with Crippen LogP contribution in [0.25, 0.3) is 0 Å². The number of ketones is 1. The third-order valence-corrected chi connectivity index (χ3v) is 3.04. The highest BCUT2D eigenvalue weighted by Gasteiger charge is 2.33. The Morgan fingerprint density at radius 1 is 1.53 bits per heavy atom. The number of hydrogen-bond acceptors (Lipinski definition) is 5. The van der Waals surface area contributed by atoms with Gasteiger partial charge in [-0.05, 0) is 26.7 Å². The normalized spacial score (nSPS) is 25.9. The lowest BCUT2D eigenvalue weighted by atomic mass is 9.77. The van der Waals surface area contributed by atoms with E-state index in [0.29, 0.717) is 12.8 Å². The van der Waals surface area contributed by atoms with Crippen LogP contribution in [0.4, 0.5) is 0 Å². The quantitative estimate of drug-likeness (QED) is 0.448. The maximum absolute atomic E-state index is 11.7. The second-order valence-electron chi connectivity index (χ2n) is 4.07. The predicted octanol–water partition coefficient (Wildman–Crippen LogP) is 0.390. The van der Waals surface area contributed by atoms with E-state index in [1.165, 1.54) is 6.92 Å². The van der Waals surface area contributed by atoms with Crippen LogP contribution in [0.3, 0.4) is 0 Å². The molecule has 0 aromatic carbocycles. The van der Waals surface area contributed by atoms with Gasteiger partial charge in [-0.3, -0.25) is 9.59 Å². The number of Topliss-reactive ketones (excluding diaryl/α,β-unsaturated/α-hetero) is 1. The van der Waals surface area contributed by atoms with Crippen LogP contribution in [-0.4, -0.2) is 20.5 Å². The van der Waals surface area contributed by atoms with E-state index in [0.717, 1.165) is 5.57 Å². The van der Waals surface area contributed by atoms with Crippen LogP contribution in [0.15, 0.2) is 11.6 Å². The molecule has 0 bridgehead atoms. The van der Waals surface area contributed by atoms with Gasteiger partial charge >= 0.3 is 0 Å². The number of amides is 1. The van der Waals surface area contributed by atoms with Crippen LogP contribution in [0.5, 0.6) is 0 Å². The van der Waals surface area contributed by atoms with Crippen LogP contribution >= 0.6 is 0 Å². The molecule has 1 N–H and O–H groups in total. The lowest BCUT2D eigenvalue weighted by Gasteiger charge is -2.27. The fraction of sp³-hybridized carbons (Fsp3) is 0.600. The largest absolute Gasteiger partial charge is 0.748 e. The van der Waals surface area contributed by atoms with E-state index < -0.39 is 29.1 Å². The third-order valence-electron chi connectivity index (χ3n) is 2.82. The van der Waals surface area contributed by atoms with Crippen molar-refractivity contribution in [1.82, 2.24) is 5.48 Å². The van der Waals surface area contributed by atoms with Gasteiger partial charge < -0.3 is 4.55 Å². The van der Waals surface area contributed by atoms with E-state index in [9.17, 15) is 18.4 Å². The lowest BCUT2D eigenvalue weighted by molar-refractivity contribution is -0.137. The van der Waals surface area contributed by atoms with E-state index >= 15 is 0 Å². The van der Waals surface area contributed by atoms with E-state index in [2.05, 4.69) is 4.28 Å². The molecule has 0 aromatic heterocycles. The summed E-state index contributed by atoms with van der Waals surface area (Å²) >= 11 is -2.80. The van der Waals surface area contributed by atoms with Crippen molar-refractivity contribution in [3.05, 3.63) is 11.6 Å². The second kappa shape index (κ2) is 6.04. The zero-order valence-corrected chi connectivity index (χ0v) is 10.4. The summed E-state index contributed by atoms with van der Waals surface area (Å²) in [6.45, 7) is 3.29. The van der Waals surface area contributed by atoms with Crippen molar-refractivity contribution in [2.24, 2.45) is 11.8 Å². The number of allylic oxidation sites excluding steroid dienone is 2. The van der Waals surface area contributed by atoms with Crippen molar-refractivity contribution in [3.8, 4) is 0 Å². The summed E-state index contributed by atoms with van der Waals surface area (Å²) in [4.78, 5) is 23.1. The monoisotopic (exact) mass is 260 g/mol. The van der Waals surface area contributed by atoms with Crippen molar-refractivity contribution in [1.29, 1.82) is 0 Å². The molecular weight excluding hydrogens is 246 g/mol. The van der Waals surface area contributed by atoms with Crippen LogP contribution in [0.2, 0.25) is 0 Å². The topological polar surface area (TPSA) is 95.5 Å². The van der Waals surface area contributed by atoms with Gasteiger partial charge in [0.25, 0.3) is 0 Å². The number of hydroxylamine groups is 1. The molecule has 0 saturated carbocycles. The van der Waals surface area contributed by atoms with Gasteiger partial charge in [0, 0.05) is 5.92 Å². The van der Waals surface area contributed by atoms with Gasteiger partial charge in [0.1, 0.15) is 17.1 Å². The molecule has 1 aliphatic rings. The Labute approximate surface area is 102 Å². The molecule has 0 radical (unpaired) electrons. The van der Waals surface area contributed by atoms with Crippen molar-refractivity contribution in [3.63, 3.8) is 0 Å². The zero-order valence-electron chi connectivity index (χ0n) is 9.60. The highest BCUT2D eigenvalue weighted by Crippen LogP contribution is 2.30. The summed E-state index contributed by atoms with van der Waals surface area (Å²) in [6.07, 6.45) is 2.85. The molecule has 3 unspecified atom stereocenters. The Bertz CT molecular complexity index is 379. The van der Waals surface area contributed by atoms with Gasteiger partial charge in [-0.25, -0.2) is 9.69 Å². The van der Waals surface area contributed by atoms with Gasteiger partial charge in [0.2, 0.25) is 5.91 Å². The number of carbonyl (C=O) groups is 2. The van der Waals surface area contributed by atoms with E-state index in [1.807, 2.05) is 18.5 Å². The molecule has 1 rings (SSSR count). The van der Waals surface area contributed by atoms with Crippen molar-refractivity contribution < 1.29 is 22.6 Å². The molecule has 1 aliphatic carbocycles. The Balaban J connectivity index is 2.71. The number of hydrogen-bond donors (Lipinski definition) is 1. The minimum atomic E-state index is -2.80. The zero-order chi connectivity index (χ0) is 13.0. The maximum Gasteiger partial charge on any atom is 0.248 e. The first-order chi connectivity index (χ1) is 7.91. The second-order valence-corrected chi connectivity index (χ2v) is 4.64. The van der Waals surface area contributed by atoms with Crippen molar-refractivity contribution in [2.45, 2.75) is 26.7 Å². The van der Waals surface area contributed by atoms with Gasteiger partial charge in [-0.15, -0.1) is 0 Å². The van der Waals surface area contributed by atoms with Gasteiger partial charge in [-0.1, -0.05) is 11.6 Å². The molecule has 0 aliphatic heterocycles. The van der Waals surface area contributed by atoms with E-state index in [-0.39, 0.29) is 5.78 Å². The summed E-state index contributed by atoms with van der Waals surface area (Å²) in [5.74, 6) is -1.65. The van der Waals surface area contributed by atoms with Crippen LogP contribution < -0.4 is 5.48 Å². The number of rotatable bonds is 4. The molecule has 7 heteroatoms. The third kappa shape index (κ3) is 4.03. The van der Waals surface area contributed by atoms with E-state index in [1.54, 1.807) is 0 Å². The van der Waals surface area contributed by atoms with Crippen LogP contribution in [-0.2, 0) is 25.2 Å². The van der Waals surface area contributed by atoms with Gasteiger partial charge in [-0.2, -0.15) is 4.28 Å². The average Bonchev–Trinajstić information content (AvgIpc) is 2.25. The maximum atomic E-state index is 11.7. The summed E-state index contributed by atoms with van der Waals surface area (Å²) < 4.78 is 24.3. The molecule has 0 saturated heterocycles. The van der Waals surface area contributed by atoms with Crippen molar-refractivity contribution in [2.75, 3.05) is 0 Å². The molecule has 0 spiro atoms. The van der Waals surface area contributed by atoms with Crippen molar-refractivity contribution >= 4 is 23.1 Å². The summed E-state index contributed by atoms with van der Waals surface area (Å²) in [5, 5.41) is 0. The number of carbonyl (C=O) groups excluding carboxylic acids is 2. The molecule has 0 aromatic rings. The Morgan fingerprint density at radius 2 is 2.18 bits per heavy atom. The highest BCUT2D eigenvalue weighted by molar-refractivity contribution is 7.74. The first-order valence-corrected chi connectivity index (χ1v) is 6.14. The molecule has 96 valence electrons. The summed E-state index contributed by atoms with van der Waals surface area (Å²) in [7, 11) is 0. The molecule has 3 atom stereocenters. The number of nitrogens with one attached hydrogen (secondary N) is 1. The van der Waals surface area contributed by atoms with Gasteiger partial charge in [0.15, 0.2) is 0 Å². The first-order valence-electron chi connectivity index (χ1n) is 5.14. The summed E-state index contributed by atoms with van der Waals surface area (Å²) in [5.41, 5.74) is 2.83. The first kappa shape index (κ1) is 14.0. The highest BCUT2D eigenvalue weighted by atomic mass is 32.2. The molecule has 0 heterocycles. The molecule has 6 nitrogen and oxygen atoms in total. The minimum Gasteiger partial charge on any atom is -0.748 e. The van der Waals surface area contributed by atoms with Crippen LogP contribution in [0.1, 0.15) is 26.7 Å². The SMILES string of the molecule is CC(=O)C1CC=C(C)CC1C(=O)NOS(=O)[O-]. The standard InChI is InChI=1S/C10H15NO5S/c1-6-3-4-8(7(2)12)9(5-6)10(13)11-16-17(14)15/h3,8-9H,4-5H2,1-2H3,(H,11,13)(H,14,15)/p-1.